The van der Waals surface area contributed by atoms with Gasteiger partial charge < -0.3 is 14.2 Å². The number of thiazole rings is 1. The molecule has 0 fully saturated rings. The fourth-order valence-corrected chi connectivity index (χ4v) is 4.85. The second-order valence-electron chi connectivity index (χ2n) is 7.49. The van der Waals surface area contributed by atoms with Gasteiger partial charge in [0.2, 0.25) is 0 Å². The third-order valence-electron chi connectivity index (χ3n) is 5.28. The lowest BCUT2D eigenvalue weighted by Crippen LogP contribution is -2.39. The molecule has 1 aromatic heterocycles. The van der Waals surface area contributed by atoms with Crippen LogP contribution in [0.4, 0.5) is 0 Å². The van der Waals surface area contributed by atoms with Crippen molar-refractivity contribution >= 4 is 29.4 Å². The highest BCUT2D eigenvalue weighted by Gasteiger charge is 2.32. The van der Waals surface area contributed by atoms with Crippen LogP contribution in [0, 0.1) is 0 Å². The van der Waals surface area contributed by atoms with Crippen LogP contribution in [0.5, 0.6) is 11.5 Å². The van der Waals surface area contributed by atoms with Gasteiger partial charge in [-0.05, 0) is 36.3 Å². The molecule has 2 heterocycles. The molecule has 8 nitrogen and oxygen atoms in total. The number of esters is 2. The van der Waals surface area contributed by atoms with E-state index < -0.39 is 18.0 Å². The fourth-order valence-electron chi connectivity index (χ4n) is 3.81. The summed E-state index contributed by atoms with van der Waals surface area (Å²) in [4.78, 5) is 42.5. The second-order valence-corrected chi connectivity index (χ2v) is 8.50. The minimum atomic E-state index is -0.659. The first-order valence-corrected chi connectivity index (χ1v) is 11.2. The number of ether oxygens (including phenoxy) is 3. The average molecular weight is 479 g/mol. The highest BCUT2D eigenvalue weighted by Crippen LogP contribution is 2.31. The Morgan fingerprint density at radius 3 is 2.47 bits per heavy atom. The molecule has 9 heteroatoms. The van der Waals surface area contributed by atoms with Crippen molar-refractivity contribution < 1.29 is 23.8 Å². The Bertz CT molecular complexity index is 1480. The zero-order valence-corrected chi connectivity index (χ0v) is 19.8. The quantitative estimate of drug-likeness (QED) is 0.413. The monoisotopic (exact) mass is 478 g/mol. The van der Waals surface area contributed by atoms with Crippen LogP contribution in [0.2, 0.25) is 0 Å². The summed E-state index contributed by atoms with van der Waals surface area (Å²) in [5.41, 5.74) is 1.99. The third kappa shape index (κ3) is 4.29. The third-order valence-corrected chi connectivity index (χ3v) is 6.26. The van der Waals surface area contributed by atoms with Gasteiger partial charge in [0.15, 0.2) is 16.3 Å². The number of benzene rings is 2. The number of hydrogen-bond acceptors (Lipinski definition) is 8. The predicted octanol–water partition coefficient (Wildman–Crippen LogP) is 2.34. The molecule has 0 unspecified atom stereocenters. The molecule has 1 atom stereocenters. The van der Waals surface area contributed by atoms with Crippen molar-refractivity contribution in [1.82, 2.24) is 4.57 Å². The zero-order valence-electron chi connectivity index (χ0n) is 19.0. The number of aromatic nitrogens is 1. The van der Waals surface area contributed by atoms with Gasteiger partial charge in [0, 0.05) is 6.92 Å². The lowest BCUT2D eigenvalue weighted by molar-refractivity contribution is -0.136. The standard InChI is InChI=1S/C25H22N2O6S/c1-14-21(24(30)32-4)22(17-8-6-5-7-9-17)27-23(29)20(34-25(27)26-14)13-16-10-11-18(33-15(2)28)19(12-16)31-3/h5-13,22H,1-4H3/t22-/m1/s1. The number of nitrogens with zero attached hydrogens (tertiary/aromatic N) is 2. The molecule has 0 saturated heterocycles. The Kier molecular flexibility index (Phi) is 6.47. The van der Waals surface area contributed by atoms with E-state index in [4.69, 9.17) is 14.2 Å². The minimum Gasteiger partial charge on any atom is -0.493 e. The topological polar surface area (TPSA) is 96.2 Å². The number of hydrogen-bond donors (Lipinski definition) is 0. The summed E-state index contributed by atoms with van der Waals surface area (Å²) in [6.45, 7) is 3.04. The van der Waals surface area contributed by atoms with E-state index in [-0.39, 0.29) is 11.3 Å². The van der Waals surface area contributed by atoms with Crippen molar-refractivity contribution in [3.8, 4) is 11.5 Å². The number of allylic oxidation sites excluding steroid dienone is 1. The van der Waals surface area contributed by atoms with Crippen molar-refractivity contribution in [3.05, 3.63) is 90.6 Å². The predicted molar refractivity (Wildman–Crippen MR) is 127 cm³/mol. The Balaban J connectivity index is 1.89. The molecule has 4 rings (SSSR count). The maximum atomic E-state index is 13.5. The van der Waals surface area contributed by atoms with Crippen LogP contribution in [0.15, 0.2) is 69.6 Å². The number of carbonyl (C=O) groups excluding carboxylic acids is 2. The van der Waals surface area contributed by atoms with Crippen molar-refractivity contribution in [2.24, 2.45) is 4.99 Å². The molecule has 3 aromatic rings. The molecule has 0 N–H and O–H groups in total. The first-order chi connectivity index (χ1) is 16.3. The van der Waals surface area contributed by atoms with Gasteiger partial charge >= 0.3 is 11.9 Å². The summed E-state index contributed by atoms with van der Waals surface area (Å²) < 4.78 is 17.4. The summed E-state index contributed by atoms with van der Waals surface area (Å²) in [5.74, 6) is -0.342. The van der Waals surface area contributed by atoms with Gasteiger partial charge in [0.05, 0.1) is 36.1 Å². The van der Waals surface area contributed by atoms with Crippen molar-refractivity contribution in [2.75, 3.05) is 14.2 Å². The number of methoxy groups -OCH3 is 2. The van der Waals surface area contributed by atoms with Gasteiger partial charge in [-0.2, -0.15) is 0 Å². The van der Waals surface area contributed by atoms with Gasteiger partial charge in [-0.3, -0.25) is 14.2 Å². The highest BCUT2D eigenvalue weighted by atomic mass is 32.1. The van der Waals surface area contributed by atoms with Gasteiger partial charge in [0.1, 0.15) is 0 Å². The van der Waals surface area contributed by atoms with Crippen LogP contribution in [-0.4, -0.2) is 30.7 Å². The first-order valence-electron chi connectivity index (χ1n) is 10.4. The SMILES string of the molecule is COC(=O)C1=C(C)N=c2sc(=Cc3ccc(OC(C)=O)c(OC)c3)c(=O)n2[C@@H]1c1ccccc1. The van der Waals surface area contributed by atoms with Crippen LogP contribution in [0.25, 0.3) is 6.08 Å². The molecule has 2 aromatic carbocycles. The Hall–Kier alpha value is -3.98. The molecule has 34 heavy (non-hydrogen) atoms. The normalized spacial score (nSPS) is 15.4. The molecule has 0 saturated carbocycles. The van der Waals surface area contributed by atoms with E-state index in [0.717, 1.165) is 5.56 Å². The summed E-state index contributed by atoms with van der Waals surface area (Å²) in [5, 5.41) is 0. The van der Waals surface area contributed by atoms with E-state index in [1.807, 2.05) is 30.3 Å². The number of carbonyl (C=O) groups is 2. The van der Waals surface area contributed by atoms with Gasteiger partial charge in [-0.25, -0.2) is 9.79 Å². The fraction of sp³-hybridized carbons (Fsp3) is 0.200. The van der Waals surface area contributed by atoms with Gasteiger partial charge in [-0.1, -0.05) is 47.7 Å². The largest absolute Gasteiger partial charge is 0.493 e. The molecule has 0 bridgehead atoms. The second kappa shape index (κ2) is 9.48. The van der Waals surface area contributed by atoms with Crippen LogP contribution < -0.4 is 24.4 Å². The highest BCUT2D eigenvalue weighted by molar-refractivity contribution is 7.07. The molecule has 174 valence electrons. The lowest BCUT2D eigenvalue weighted by atomic mass is 9.96. The Labute approximate surface area is 199 Å². The lowest BCUT2D eigenvalue weighted by Gasteiger charge is -2.24. The zero-order chi connectivity index (χ0) is 24.4. The average Bonchev–Trinajstić information content (AvgIpc) is 3.13. The van der Waals surface area contributed by atoms with Crippen molar-refractivity contribution in [2.45, 2.75) is 19.9 Å². The van der Waals surface area contributed by atoms with Crippen LogP contribution in [0.1, 0.15) is 31.0 Å². The summed E-state index contributed by atoms with van der Waals surface area (Å²) in [6.07, 6.45) is 1.71. The van der Waals surface area contributed by atoms with Gasteiger partial charge in [-0.15, -0.1) is 0 Å². The molecule has 0 radical (unpaired) electrons. The molecule has 0 amide bonds. The van der Waals surface area contributed by atoms with Crippen LogP contribution in [0.3, 0.4) is 0 Å². The smallest absolute Gasteiger partial charge is 0.338 e. The maximum Gasteiger partial charge on any atom is 0.338 e. The van der Waals surface area contributed by atoms with E-state index in [9.17, 15) is 14.4 Å². The van der Waals surface area contributed by atoms with E-state index >= 15 is 0 Å². The summed E-state index contributed by atoms with van der Waals surface area (Å²) in [6, 6.07) is 13.6. The summed E-state index contributed by atoms with van der Waals surface area (Å²) >= 11 is 1.22. The number of rotatable bonds is 5. The van der Waals surface area contributed by atoms with Crippen LogP contribution >= 0.6 is 11.3 Å². The molecular formula is C25H22N2O6S. The molecular weight excluding hydrogens is 456 g/mol. The van der Waals surface area contributed by atoms with Crippen molar-refractivity contribution in [1.29, 1.82) is 0 Å². The number of fused-ring (bicyclic) bond motifs is 1. The maximum absolute atomic E-state index is 13.5. The first kappa shape index (κ1) is 23.2. The van der Waals surface area contributed by atoms with E-state index in [2.05, 4.69) is 4.99 Å². The Morgan fingerprint density at radius 2 is 1.82 bits per heavy atom. The molecule has 1 aliphatic heterocycles. The Morgan fingerprint density at radius 1 is 1.09 bits per heavy atom. The van der Waals surface area contributed by atoms with Crippen molar-refractivity contribution in [3.63, 3.8) is 0 Å². The molecule has 1 aliphatic rings. The van der Waals surface area contributed by atoms with Crippen LogP contribution in [-0.2, 0) is 14.3 Å². The van der Waals surface area contributed by atoms with Gasteiger partial charge in [0.25, 0.3) is 5.56 Å². The summed E-state index contributed by atoms with van der Waals surface area (Å²) in [7, 11) is 2.78. The molecule has 0 aliphatic carbocycles. The minimum absolute atomic E-state index is 0.283. The van der Waals surface area contributed by atoms with E-state index in [1.165, 1.54) is 37.0 Å². The van der Waals surface area contributed by atoms with E-state index in [1.54, 1.807) is 31.2 Å². The molecule has 0 spiro atoms. The van der Waals surface area contributed by atoms with E-state index in [0.29, 0.717) is 31.9 Å².